The quantitative estimate of drug-likeness (QED) is 0.363. The molecule has 0 radical (unpaired) electrons. The number of alkyl halides is 6. The molecule has 2 atom stereocenters. The monoisotopic (exact) mass is 512 g/mol. The lowest BCUT2D eigenvalue weighted by molar-refractivity contribution is -0.258. The average Bonchev–Trinajstić information content (AvgIpc) is 3.22. The van der Waals surface area contributed by atoms with Gasteiger partial charge in [0.2, 0.25) is 0 Å². The molecule has 0 aromatic carbocycles. The molecule has 3 aliphatic heterocycles. The van der Waals surface area contributed by atoms with Gasteiger partial charge in [-0.1, -0.05) is 30.4 Å². The molecule has 3 heterocycles. The summed E-state index contributed by atoms with van der Waals surface area (Å²) in [6.07, 6.45) is 0. The largest absolute Gasteiger partial charge is 0.380 e. The van der Waals surface area contributed by atoms with Crippen LogP contribution in [0.5, 0.6) is 0 Å². The highest BCUT2D eigenvalue weighted by atomic mass is 32.2. The molecule has 0 bridgehead atoms. The Morgan fingerprint density at radius 2 is 1.33 bits per heavy atom. The summed E-state index contributed by atoms with van der Waals surface area (Å²) in [5, 5.41) is 0. The molecule has 0 amide bonds. The van der Waals surface area contributed by atoms with Crippen LogP contribution in [0.3, 0.4) is 0 Å². The molecule has 0 N–H and O–H groups in total. The van der Waals surface area contributed by atoms with E-state index < -0.39 is 40.2 Å². The van der Waals surface area contributed by atoms with Crippen LogP contribution in [0.2, 0.25) is 0 Å². The summed E-state index contributed by atoms with van der Waals surface area (Å²) in [6, 6.07) is 0. The Kier molecular flexibility index (Phi) is 5.46. The van der Waals surface area contributed by atoms with E-state index in [1.54, 1.807) is 20.8 Å². The van der Waals surface area contributed by atoms with Crippen LogP contribution in [-0.2, 0) is 14.2 Å². The van der Waals surface area contributed by atoms with Gasteiger partial charge in [-0.05, 0) is 34.8 Å². The van der Waals surface area contributed by atoms with Crippen LogP contribution in [-0.4, -0.2) is 57.4 Å². The minimum absolute atomic E-state index is 0.0603. The van der Waals surface area contributed by atoms with Gasteiger partial charge in [-0.3, -0.25) is 0 Å². The summed E-state index contributed by atoms with van der Waals surface area (Å²) < 4.78 is 107. The topological polar surface area (TPSA) is 27.7 Å². The molecule has 182 valence electrons. The lowest BCUT2D eigenvalue weighted by Crippen LogP contribution is -2.47. The lowest BCUT2D eigenvalue weighted by atomic mass is 9.63. The van der Waals surface area contributed by atoms with Crippen LogP contribution < -0.4 is 0 Å². The third kappa shape index (κ3) is 2.92. The Morgan fingerprint density at radius 1 is 0.758 bits per heavy atom. The molecule has 1 saturated carbocycles. The fraction of sp³-hybridized carbons (Fsp3) is 0.636. The van der Waals surface area contributed by atoms with Gasteiger partial charge < -0.3 is 14.2 Å². The molecule has 1 saturated heterocycles. The van der Waals surface area contributed by atoms with Crippen molar-refractivity contribution in [3.8, 4) is 0 Å². The van der Waals surface area contributed by atoms with Gasteiger partial charge in [0.1, 0.15) is 0 Å². The molecule has 11 heteroatoms. The summed E-state index contributed by atoms with van der Waals surface area (Å²) in [7, 11) is 0. The van der Waals surface area contributed by atoms with Gasteiger partial charge >= 0.3 is 17.8 Å². The Hall–Kier alpha value is -0.880. The minimum atomic E-state index is -5.53. The molecule has 33 heavy (non-hydrogen) atoms. The average molecular weight is 513 g/mol. The first-order chi connectivity index (χ1) is 15.4. The summed E-state index contributed by atoms with van der Waals surface area (Å²) in [5.41, 5.74) is -2.38. The number of fused-ring (bicyclic) bond motifs is 1. The number of hydrogen-bond acceptors (Lipinski definition) is 5. The highest BCUT2D eigenvalue weighted by Crippen LogP contribution is 2.76. The third-order valence-corrected chi connectivity index (χ3v) is 9.68. The van der Waals surface area contributed by atoms with Crippen LogP contribution in [0.25, 0.3) is 0 Å². The van der Waals surface area contributed by atoms with Gasteiger partial charge in [0.05, 0.1) is 39.6 Å². The standard InChI is InChI=1S/C22H22F6O3S2/c1-10-12-8-30-6-4-29-5-7-31-9-13-11(2)33-18-16-15(17(32-10)14(12)19(13,18)3)20(23,24)22(27,28)21(16,25)26/h14H,4-9H2,1-3H3/t14?,19-/m0/s1. The molecule has 2 fully saturated rings. The highest BCUT2D eigenvalue weighted by Gasteiger charge is 2.84. The van der Waals surface area contributed by atoms with Crippen molar-refractivity contribution in [2.75, 3.05) is 39.6 Å². The van der Waals surface area contributed by atoms with Gasteiger partial charge in [0.25, 0.3) is 0 Å². The van der Waals surface area contributed by atoms with E-state index in [2.05, 4.69) is 0 Å². The number of ether oxygens (including phenoxy) is 3. The molecule has 5 aliphatic rings. The molecule has 2 aliphatic carbocycles. The molecule has 5 rings (SSSR count). The van der Waals surface area contributed by atoms with Crippen LogP contribution in [0.1, 0.15) is 20.8 Å². The zero-order valence-electron chi connectivity index (χ0n) is 18.1. The first-order valence-corrected chi connectivity index (χ1v) is 12.1. The number of thioether (sulfide) groups is 2. The van der Waals surface area contributed by atoms with Crippen LogP contribution in [0, 0.1) is 11.3 Å². The predicted molar refractivity (Wildman–Crippen MR) is 114 cm³/mol. The fourth-order valence-corrected chi connectivity index (χ4v) is 8.34. The normalized spacial score (nSPS) is 35.4. The van der Waals surface area contributed by atoms with Crippen molar-refractivity contribution < 1.29 is 40.6 Å². The fourth-order valence-electron chi connectivity index (χ4n) is 5.39. The molecule has 0 aromatic heterocycles. The van der Waals surface area contributed by atoms with Crippen molar-refractivity contribution in [3.63, 3.8) is 0 Å². The Bertz CT molecular complexity index is 1040. The van der Waals surface area contributed by atoms with Crippen LogP contribution in [0.4, 0.5) is 26.3 Å². The summed E-state index contributed by atoms with van der Waals surface area (Å²) in [4.78, 5) is 0.932. The molecule has 0 aromatic rings. The van der Waals surface area contributed by atoms with E-state index in [0.717, 1.165) is 23.5 Å². The number of allylic oxidation sites excluding steroid dienone is 6. The lowest BCUT2D eigenvalue weighted by Gasteiger charge is -2.42. The smallest absolute Gasteiger partial charge is 0.377 e. The number of rotatable bonds is 0. The third-order valence-electron chi connectivity index (χ3n) is 7.07. The van der Waals surface area contributed by atoms with E-state index in [9.17, 15) is 8.78 Å². The maximum atomic E-state index is 15.1. The van der Waals surface area contributed by atoms with Crippen molar-refractivity contribution in [2.45, 2.75) is 38.5 Å². The Balaban J connectivity index is 1.79. The maximum absolute atomic E-state index is 15.1. The molecule has 0 spiro atoms. The van der Waals surface area contributed by atoms with Crippen LogP contribution >= 0.6 is 23.5 Å². The van der Waals surface area contributed by atoms with Crippen LogP contribution in [0.15, 0.2) is 41.9 Å². The van der Waals surface area contributed by atoms with Crippen molar-refractivity contribution in [3.05, 3.63) is 41.9 Å². The van der Waals surface area contributed by atoms with Gasteiger partial charge in [0, 0.05) is 32.3 Å². The summed E-state index contributed by atoms with van der Waals surface area (Å²) >= 11 is 1.76. The van der Waals surface area contributed by atoms with Crippen molar-refractivity contribution in [1.82, 2.24) is 0 Å². The molecular formula is C22H22F6O3S2. The number of hydrogen-bond donors (Lipinski definition) is 0. The van der Waals surface area contributed by atoms with E-state index in [1.807, 2.05) is 0 Å². The van der Waals surface area contributed by atoms with Gasteiger partial charge in [0.15, 0.2) is 0 Å². The van der Waals surface area contributed by atoms with Crippen molar-refractivity contribution in [2.24, 2.45) is 11.3 Å². The Labute approximate surface area is 195 Å². The molecular weight excluding hydrogens is 490 g/mol. The first kappa shape index (κ1) is 23.8. The summed E-state index contributed by atoms with van der Waals surface area (Å²) in [5.74, 6) is -16.3. The van der Waals surface area contributed by atoms with E-state index in [0.29, 0.717) is 34.2 Å². The van der Waals surface area contributed by atoms with Crippen molar-refractivity contribution in [1.29, 1.82) is 0 Å². The van der Waals surface area contributed by atoms with Gasteiger partial charge in [-0.25, -0.2) is 0 Å². The Morgan fingerprint density at radius 3 is 2.00 bits per heavy atom. The van der Waals surface area contributed by atoms with E-state index >= 15 is 17.6 Å². The van der Waals surface area contributed by atoms with Gasteiger partial charge in [-0.2, -0.15) is 26.3 Å². The SMILES string of the molecule is CC1=C2COCCOCCOCC3=C(C)SC4=C5C(=C(S1)C2[C@]34C)C(F)(F)C(F)(F)C5(F)F. The predicted octanol–water partition coefficient (Wildman–Crippen LogP) is 6.16. The zero-order valence-corrected chi connectivity index (χ0v) is 19.8. The second kappa shape index (κ2) is 7.56. The zero-order chi connectivity index (χ0) is 24.0. The minimum Gasteiger partial charge on any atom is -0.377 e. The summed E-state index contributed by atoms with van der Waals surface area (Å²) in [6.45, 7) is 6.28. The highest BCUT2D eigenvalue weighted by molar-refractivity contribution is 8.07. The van der Waals surface area contributed by atoms with Crippen molar-refractivity contribution >= 4 is 23.5 Å². The van der Waals surface area contributed by atoms with Gasteiger partial charge in [-0.15, -0.1) is 0 Å². The van der Waals surface area contributed by atoms with E-state index in [4.69, 9.17) is 14.2 Å². The first-order valence-electron chi connectivity index (χ1n) is 10.5. The second-order valence-corrected chi connectivity index (χ2v) is 11.3. The van der Waals surface area contributed by atoms with E-state index in [1.165, 1.54) is 0 Å². The second-order valence-electron chi connectivity index (χ2n) is 8.84. The maximum Gasteiger partial charge on any atom is 0.380 e. The molecule has 1 unspecified atom stereocenters. The van der Waals surface area contributed by atoms with E-state index in [-0.39, 0.29) is 36.2 Å². The number of halogens is 6. The molecule has 3 nitrogen and oxygen atoms in total.